The number of hydrogen-bond acceptors (Lipinski definition) is 3. The van der Waals surface area contributed by atoms with Crippen LogP contribution in [0.1, 0.15) is 30.0 Å². The maximum Gasteiger partial charge on any atom is 0.186 e. The molecule has 0 atom stereocenters. The third-order valence-corrected chi connectivity index (χ3v) is 4.53. The van der Waals surface area contributed by atoms with Crippen molar-refractivity contribution < 1.29 is 9.64 Å². The Balaban J connectivity index is 1.69. The van der Waals surface area contributed by atoms with E-state index in [-0.39, 0.29) is 0 Å². The quantitative estimate of drug-likeness (QED) is 0.308. The molecule has 6 heteroatoms. The van der Waals surface area contributed by atoms with Crippen molar-refractivity contribution in [3.05, 3.63) is 34.9 Å². The number of benzene rings is 1. The summed E-state index contributed by atoms with van der Waals surface area (Å²) in [6.07, 6.45) is 1.09. The highest BCUT2D eigenvalue weighted by molar-refractivity contribution is 7.80. The van der Waals surface area contributed by atoms with Gasteiger partial charge in [-0.05, 0) is 38.6 Å². The van der Waals surface area contributed by atoms with Crippen LogP contribution in [0, 0.1) is 13.8 Å². The molecular weight excluding hydrogens is 320 g/mol. The monoisotopic (exact) mass is 349 g/mol. The number of hydrazone groups is 1. The molecule has 1 aliphatic heterocycles. The molecule has 0 aromatic heterocycles. The van der Waals surface area contributed by atoms with Crippen molar-refractivity contribution in [2.24, 2.45) is 5.10 Å². The van der Waals surface area contributed by atoms with Gasteiger partial charge in [0.2, 0.25) is 0 Å². The fourth-order valence-corrected chi connectivity index (χ4v) is 3.05. The minimum atomic E-state index is 0.580. The fourth-order valence-electron chi connectivity index (χ4n) is 2.90. The van der Waals surface area contributed by atoms with Gasteiger partial charge in [0.25, 0.3) is 0 Å². The van der Waals surface area contributed by atoms with Gasteiger partial charge in [-0.25, -0.2) is 0 Å². The average molecular weight is 350 g/mol. The van der Waals surface area contributed by atoms with Gasteiger partial charge in [0.1, 0.15) is 13.1 Å². The van der Waals surface area contributed by atoms with E-state index in [0.717, 1.165) is 57.1 Å². The van der Waals surface area contributed by atoms with E-state index in [9.17, 15) is 0 Å². The lowest BCUT2D eigenvalue weighted by Crippen LogP contribution is -3.14. The highest BCUT2D eigenvalue weighted by Crippen LogP contribution is 2.11. The molecule has 0 amide bonds. The molecule has 132 valence electrons. The first-order valence-electron chi connectivity index (χ1n) is 8.63. The van der Waals surface area contributed by atoms with Gasteiger partial charge in [-0.3, -0.25) is 5.43 Å². The topological polar surface area (TPSA) is 50.1 Å². The molecule has 0 bridgehead atoms. The standard InChI is InChI=1S/C18H28N4OS/c1-14-5-6-17(15(2)13-14)16(3)20-21-18(24)19-7-4-8-22-9-11-23-12-10-22/h5-6,13H,4,7-12H2,1-3H3,(H2,19,21,24)/p+1/b20-16-. The molecule has 0 saturated carbocycles. The van der Waals surface area contributed by atoms with Gasteiger partial charge in [0, 0.05) is 18.5 Å². The average Bonchev–Trinajstić information content (AvgIpc) is 2.57. The molecule has 1 heterocycles. The molecule has 24 heavy (non-hydrogen) atoms. The Morgan fingerprint density at radius 3 is 2.75 bits per heavy atom. The van der Waals surface area contributed by atoms with E-state index in [1.807, 2.05) is 6.92 Å². The number of aryl methyl sites for hydroxylation is 2. The molecule has 0 unspecified atom stereocenters. The van der Waals surface area contributed by atoms with Gasteiger partial charge in [0.05, 0.1) is 25.5 Å². The van der Waals surface area contributed by atoms with Gasteiger partial charge in [-0.1, -0.05) is 23.8 Å². The third kappa shape index (κ3) is 6.19. The second-order valence-corrected chi connectivity index (χ2v) is 6.76. The zero-order valence-electron chi connectivity index (χ0n) is 14.9. The minimum absolute atomic E-state index is 0.580. The van der Waals surface area contributed by atoms with Crippen LogP contribution in [-0.4, -0.2) is 50.2 Å². The molecule has 1 aromatic rings. The lowest BCUT2D eigenvalue weighted by Gasteiger charge is -2.23. The van der Waals surface area contributed by atoms with E-state index in [0.29, 0.717) is 5.11 Å². The van der Waals surface area contributed by atoms with Gasteiger partial charge < -0.3 is 15.0 Å². The maximum atomic E-state index is 5.37. The summed E-state index contributed by atoms with van der Waals surface area (Å²) in [5, 5.41) is 8.20. The van der Waals surface area contributed by atoms with Gasteiger partial charge >= 0.3 is 0 Å². The van der Waals surface area contributed by atoms with Crippen molar-refractivity contribution in [2.75, 3.05) is 39.4 Å². The Morgan fingerprint density at radius 1 is 1.29 bits per heavy atom. The number of nitrogens with one attached hydrogen (secondary N) is 3. The van der Waals surface area contributed by atoms with Crippen LogP contribution in [-0.2, 0) is 4.74 Å². The van der Waals surface area contributed by atoms with Crippen LogP contribution in [0.2, 0.25) is 0 Å². The van der Waals surface area contributed by atoms with Crippen molar-refractivity contribution in [3.8, 4) is 0 Å². The number of hydrogen-bond donors (Lipinski definition) is 3. The van der Waals surface area contributed by atoms with E-state index in [2.05, 4.69) is 47.9 Å². The highest BCUT2D eigenvalue weighted by Gasteiger charge is 2.12. The molecule has 0 aliphatic carbocycles. The van der Waals surface area contributed by atoms with Gasteiger partial charge in [-0.2, -0.15) is 5.10 Å². The molecule has 0 spiro atoms. The predicted molar refractivity (Wildman–Crippen MR) is 103 cm³/mol. The van der Waals surface area contributed by atoms with E-state index in [1.165, 1.54) is 11.1 Å². The summed E-state index contributed by atoms with van der Waals surface area (Å²) >= 11 is 5.29. The van der Waals surface area contributed by atoms with E-state index in [1.54, 1.807) is 4.90 Å². The SMILES string of the molecule is C/C(=N/NC(=S)NCCC[NH+]1CCOCC1)c1ccc(C)cc1C. The Morgan fingerprint density at radius 2 is 2.04 bits per heavy atom. The summed E-state index contributed by atoms with van der Waals surface area (Å²) in [6, 6.07) is 6.37. The summed E-state index contributed by atoms with van der Waals surface area (Å²) < 4.78 is 5.37. The Kier molecular flexibility index (Phi) is 7.62. The van der Waals surface area contributed by atoms with E-state index < -0.39 is 0 Å². The van der Waals surface area contributed by atoms with E-state index in [4.69, 9.17) is 17.0 Å². The normalized spacial score (nSPS) is 16.0. The maximum absolute atomic E-state index is 5.37. The Labute approximate surface area is 150 Å². The first-order valence-corrected chi connectivity index (χ1v) is 9.04. The van der Waals surface area contributed by atoms with Crippen LogP contribution < -0.4 is 15.6 Å². The van der Waals surface area contributed by atoms with Gasteiger partial charge in [-0.15, -0.1) is 0 Å². The molecule has 1 aliphatic rings. The number of ether oxygens (including phenoxy) is 1. The summed E-state index contributed by atoms with van der Waals surface area (Å²) in [7, 11) is 0. The first kappa shape index (κ1) is 18.8. The molecule has 3 N–H and O–H groups in total. The number of quaternary nitrogens is 1. The zero-order chi connectivity index (χ0) is 17.4. The van der Waals surface area contributed by atoms with Crippen molar-refractivity contribution >= 4 is 23.0 Å². The molecular formula is C18H29N4OS+. The largest absolute Gasteiger partial charge is 0.370 e. The van der Waals surface area contributed by atoms with Crippen LogP contribution in [0.25, 0.3) is 0 Å². The Hall–Kier alpha value is -1.50. The fraction of sp³-hybridized carbons (Fsp3) is 0.556. The van der Waals surface area contributed by atoms with Crippen molar-refractivity contribution in [1.29, 1.82) is 0 Å². The molecule has 1 fully saturated rings. The first-order chi connectivity index (χ1) is 11.6. The summed E-state index contributed by atoms with van der Waals surface area (Å²) in [5.74, 6) is 0. The van der Waals surface area contributed by atoms with Crippen LogP contribution in [0.3, 0.4) is 0 Å². The van der Waals surface area contributed by atoms with Crippen molar-refractivity contribution in [2.45, 2.75) is 27.2 Å². The van der Waals surface area contributed by atoms with Crippen LogP contribution in [0.5, 0.6) is 0 Å². The van der Waals surface area contributed by atoms with Crippen molar-refractivity contribution in [1.82, 2.24) is 10.7 Å². The zero-order valence-corrected chi connectivity index (χ0v) is 15.8. The smallest absolute Gasteiger partial charge is 0.186 e. The van der Waals surface area contributed by atoms with Crippen LogP contribution in [0.15, 0.2) is 23.3 Å². The number of thiocarbonyl (C=S) groups is 1. The number of morpholine rings is 1. The molecule has 1 aromatic carbocycles. The molecule has 2 rings (SSSR count). The highest BCUT2D eigenvalue weighted by atomic mass is 32.1. The lowest BCUT2D eigenvalue weighted by atomic mass is 10.0. The van der Waals surface area contributed by atoms with Crippen LogP contribution in [0.4, 0.5) is 0 Å². The second-order valence-electron chi connectivity index (χ2n) is 6.35. The van der Waals surface area contributed by atoms with E-state index >= 15 is 0 Å². The summed E-state index contributed by atoms with van der Waals surface area (Å²) in [5.41, 5.74) is 7.52. The molecule has 0 radical (unpaired) electrons. The summed E-state index contributed by atoms with van der Waals surface area (Å²) in [6.45, 7) is 12.2. The van der Waals surface area contributed by atoms with Crippen molar-refractivity contribution in [3.63, 3.8) is 0 Å². The lowest BCUT2D eigenvalue weighted by molar-refractivity contribution is -0.908. The van der Waals surface area contributed by atoms with Gasteiger partial charge in [0.15, 0.2) is 5.11 Å². The molecule has 1 saturated heterocycles. The van der Waals surface area contributed by atoms with Crippen LogP contribution >= 0.6 is 12.2 Å². The number of rotatable bonds is 6. The Bertz CT molecular complexity index is 582. The minimum Gasteiger partial charge on any atom is -0.370 e. The third-order valence-electron chi connectivity index (χ3n) is 4.29. The molecule has 5 nitrogen and oxygen atoms in total. The predicted octanol–water partition coefficient (Wildman–Crippen LogP) is 0.797. The summed E-state index contributed by atoms with van der Waals surface area (Å²) in [4.78, 5) is 1.62. The number of nitrogens with zero attached hydrogens (tertiary/aromatic N) is 1. The second kappa shape index (κ2) is 9.71.